The van der Waals surface area contributed by atoms with Gasteiger partial charge < -0.3 is 10.2 Å². The van der Waals surface area contributed by atoms with Crippen molar-refractivity contribution in [3.05, 3.63) is 34.6 Å². The van der Waals surface area contributed by atoms with Crippen LogP contribution in [0.25, 0.3) is 0 Å². The fourth-order valence-electron chi connectivity index (χ4n) is 2.06. The Morgan fingerprint density at radius 2 is 2.16 bits per heavy atom. The van der Waals surface area contributed by atoms with Gasteiger partial charge in [-0.15, -0.1) is 0 Å². The average molecular weight is 285 g/mol. The van der Waals surface area contributed by atoms with Crippen LogP contribution in [-0.4, -0.2) is 35.3 Å². The van der Waals surface area contributed by atoms with E-state index in [1.165, 1.54) is 17.0 Å². The van der Waals surface area contributed by atoms with Gasteiger partial charge in [0.05, 0.1) is 10.6 Å². The highest BCUT2D eigenvalue weighted by molar-refractivity contribution is 6.33. The summed E-state index contributed by atoms with van der Waals surface area (Å²) in [4.78, 5) is 25.7. The molecule has 1 N–H and O–H groups in total. The highest BCUT2D eigenvalue weighted by Crippen LogP contribution is 2.24. The summed E-state index contributed by atoms with van der Waals surface area (Å²) in [5, 5.41) is 2.75. The normalized spacial score (nSPS) is 18.1. The zero-order valence-electron chi connectivity index (χ0n) is 10.7. The first-order valence-electron chi connectivity index (χ1n) is 5.89. The molecule has 0 spiro atoms. The van der Waals surface area contributed by atoms with Crippen LogP contribution in [0.2, 0.25) is 5.02 Å². The minimum absolute atomic E-state index is 0.0479. The van der Waals surface area contributed by atoms with Crippen LogP contribution in [0.5, 0.6) is 0 Å². The van der Waals surface area contributed by atoms with E-state index in [4.69, 9.17) is 11.6 Å². The molecule has 0 radical (unpaired) electrons. The van der Waals surface area contributed by atoms with Crippen molar-refractivity contribution in [2.24, 2.45) is 0 Å². The van der Waals surface area contributed by atoms with Crippen molar-refractivity contribution in [3.63, 3.8) is 0 Å². The second-order valence-corrected chi connectivity index (χ2v) is 5.30. The Morgan fingerprint density at radius 3 is 2.79 bits per heavy atom. The smallest absolute Gasteiger partial charge is 0.256 e. The van der Waals surface area contributed by atoms with Gasteiger partial charge >= 0.3 is 0 Å². The van der Waals surface area contributed by atoms with E-state index in [1.807, 2.05) is 0 Å². The zero-order chi connectivity index (χ0) is 14.2. The van der Waals surface area contributed by atoms with Crippen molar-refractivity contribution in [2.75, 3.05) is 13.1 Å². The van der Waals surface area contributed by atoms with E-state index in [0.29, 0.717) is 13.1 Å². The van der Waals surface area contributed by atoms with E-state index in [2.05, 4.69) is 5.32 Å². The lowest BCUT2D eigenvalue weighted by atomic mass is 9.97. The Balaban J connectivity index is 2.35. The van der Waals surface area contributed by atoms with Crippen LogP contribution in [0, 0.1) is 5.82 Å². The van der Waals surface area contributed by atoms with E-state index in [0.717, 1.165) is 6.07 Å². The van der Waals surface area contributed by atoms with E-state index in [1.54, 1.807) is 13.8 Å². The van der Waals surface area contributed by atoms with Gasteiger partial charge in [0.15, 0.2) is 0 Å². The van der Waals surface area contributed by atoms with Crippen molar-refractivity contribution in [3.8, 4) is 0 Å². The molecule has 1 saturated heterocycles. The molecule has 0 aliphatic carbocycles. The number of carbonyl (C=O) groups is 2. The Labute approximate surface area is 115 Å². The summed E-state index contributed by atoms with van der Waals surface area (Å²) in [5.41, 5.74) is -0.751. The van der Waals surface area contributed by atoms with Crippen LogP contribution in [0.15, 0.2) is 18.2 Å². The Kier molecular flexibility index (Phi) is 3.49. The van der Waals surface area contributed by atoms with Crippen molar-refractivity contribution < 1.29 is 14.0 Å². The number of amides is 2. The Morgan fingerprint density at radius 1 is 1.47 bits per heavy atom. The highest BCUT2D eigenvalue weighted by Gasteiger charge is 2.41. The fraction of sp³-hybridized carbons (Fsp3) is 0.385. The molecule has 1 aliphatic rings. The van der Waals surface area contributed by atoms with Gasteiger partial charge in [0, 0.05) is 13.1 Å². The van der Waals surface area contributed by atoms with Crippen molar-refractivity contribution in [2.45, 2.75) is 19.4 Å². The quantitative estimate of drug-likeness (QED) is 0.855. The maximum Gasteiger partial charge on any atom is 0.256 e. The van der Waals surface area contributed by atoms with Gasteiger partial charge in [0.25, 0.3) is 5.91 Å². The SMILES string of the molecule is CC1(C)C(=O)NCCN1C(=O)c1ccc(F)cc1Cl. The highest BCUT2D eigenvalue weighted by atomic mass is 35.5. The van der Waals surface area contributed by atoms with Crippen LogP contribution in [0.1, 0.15) is 24.2 Å². The summed E-state index contributed by atoms with van der Waals surface area (Å²) in [5.74, 6) is -1.09. The van der Waals surface area contributed by atoms with Crippen LogP contribution in [-0.2, 0) is 4.79 Å². The summed E-state index contributed by atoms with van der Waals surface area (Å²) in [6, 6.07) is 3.60. The zero-order valence-corrected chi connectivity index (χ0v) is 11.4. The summed E-state index contributed by atoms with van der Waals surface area (Å²) < 4.78 is 13.0. The van der Waals surface area contributed by atoms with Gasteiger partial charge in [-0.25, -0.2) is 4.39 Å². The third kappa shape index (κ3) is 2.42. The van der Waals surface area contributed by atoms with Gasteiger partial charge in [0.1, 0.15) is 11.4 Å². The first-order chi connectivity index (χ1) is 8.84. The van der Waals surface area contributed by atoms with Crippen molar-refractivity contribution >= 4 is 23.4 Å². The second-order valence-electron chi connectivity index (χ2n) is 4.90. The molecule has 1 aromatic carbocycles. The molecule has 0 unspecified atom stereocenters. The molecule has 1 aliphatic heterocycles. The number of piperazine rings is 1. The number of nitrogens with one attached hydrogen (secondary N) is 1. The van der Waals surface area contributed by atoms with E-state index in [-0.39, 0.29) is 22.4 Å². The lowest BCUT2D eigenvalue weighted by Crippen LogP contribution is -2.63. The average Bonchev–Trinajstić information content (AvgIpc) is 2.32. The molecule has 0 atom stereocenters. The van der Waals surface area contributed by atoms with Crippen LogP contribution in [0.3, 0.4) is 0 Å². The number of nitrogens with zero attached hydrogens (tertiary/aromatic N) is 1. The summed E-state index contributed by atoms with van der Waals surface area (Å²) >= 11 is 5.89. The minimum atomic E-state index is -0.951. The molecule has 102 valence electrons. The number of hydrogen-bond acceptors (Lipinski definition) is 2. The van der Waals surface area contributed by atoms with Gasteiger partial charge in [-0.05, 0) is 32.0 Å². The summed E-state index contributed by atoms with van der Waals surface area (Å²) in [7, 11) is 0. The molecule has 19 heavy (non-hydrogen) atoms. The maximum atomic E-state index is 13.0. The molecule has 0 bridgehead atoms. The van der Waals surface area contributed by atoms with Crippen LogP contribution >= 0.6 is 11.6 Å². The Bertz CT molecular complexity index is 545. The lowest BCUT2D eigenvalue weighted by Gasteiger charge is -2.41. The van der Waals surface area contributed by atoms with Crippen LogP contribution < -0.4 is 5.32 Å². The third-order valence-electron chi connectivity index (χ3n) is 3.26. The summed E-state index contributed by atoms with van der Waals surface area (Å²) in [6.07, 6.45) is 0. The molecule has 2 amide bonds. The first kappa shape index (κ1) is 13.8. The molecule has 0 saturated carbocycles. The molecule has 1 aromatic rings. The topological polar surface area (TPSA) is 49.4 Å². The minimum Gasteiger partial charge on any atom is -0.352 e. The number of benzene rings is 1. The summed E-state index contributed by atoms with van der Waals surface area (Å²) in [6.45, 7) is 4.12. The molecule has 4 nitrogen and oxygen atoms in total. The lowest BCUT2D eigenvalue weighted by molar-refractivity contribution is -0.133. The fourth-order valence-corrected chi connectivity index (χ4v) is 2.31. The number of hydrogen-bond donors (Lipinski definition) is 1. The van der Waals surface area contributed by atoms with E-state index >= 15 is 0 Å². The van der Waals surface area contributed by atoms with Crippen molar-refractivity contribution in [1.29, 1.82) is 0 Å². The largest absolute Gasteiger partial charge is 0.352 e. The number of rotatable bonds is 1. The number of halogens is 2. The second kappa shape index (κ2) is 4.81. The molecule has 6 heteroatoms. The number of carbonyl (C=O) groups excluding carboxylic acids is 2. The first-order valence-corrected chi connectivity index (χ1v) is 6.27. The van der Waals surface area contributed by atoms with Gasteiger partial charge in [-0.3, -0.25) is 9.59 Å². The predicted octanol–water partition coefficient (Wildman–Crippen LogP) is 1.83. The molecular formula is C13H14ClFN2O2. The molecular weight excluding hydrogens is 271 g/mol. The van der Waals surface area contributed by atoms with Crippen LogP contribution in [0.4, 0.5) is 4.39 Å². The molecule has 1 heterocycles. The maximum absolute atomic E-state index is 13.0. The molecule has 2 rings (SSSR count). The van der Waals surface area contributed by atoms with Gasteiger partial charge in [-0.2, -0.15) is 0 Å². The van der Waals surface area contributed by atoms with Crippen molar-refractivity contribution in [1.82, 2.24) is 10.2 Å². The Hall–Kier alpha value is -1.62. The monoisotopic (exact) mass is 284 g/mol. The van der Waals surface area contributed by atoms with Gasteiger partial charge in [-0.1, -0.05) is 11.6 Å². The van der Waals surface area contributed by atoms with E-state index in [9.17, 15) is 14.0 Å². The predicted molar refractivity (Wildman–Crippen MR) is 69.5 cm³/mol. The van der Waals surface area contributed by atoms with Gasteiger partial charge in [0.2, 0.25) is 5.91 Å². The van der Waals surface area contributed by atoms with E-state index < -0.39 is 11.4 Å². The standard InChI is InChI=1S/C13H14ClFN2O2/c1-13(2)12(19)16-5-6-17(13)11(18)9-4-3-8(15)7-10(9)14/h3-4,7H,5-6H2,1-2H3,(H,16,19). The molecule has 0 aromatic heterocycles. The molecule has 1 fully saturated rings. The third-order valence-corrected chi connectivity index (χ3v) is 3.57.